The van der Waals surface area contributed by atoms with E-state index in [2.05, 4.69) is 5.32 Å². The van der Waals surface area contributed by atoms with Crippen LogP contribution < -0.4 is 11.1 Å². The van der Waals surface area contributed by atoms with E-state index < -0.39 is 17.9 Å². The van der Waals surface area contributed by atoms with Gasteiger partial charge in [0.15, 0.2) is 0 Å². The van der Waals surface area contributed by atoms with E-state index in [0.29, 0.717) is 18.9 Å². The Hall–Kier alpha value is -1.59. The molecule has 6 heteroatoms. The summed E-state index contributed by atoms with van der Waals surface area (Å²) in [4.78, 5) is 35.0. The summed E-state index contributed by atoms with van der Waals surface area (Å²) >= 11 is 0. The fourth-order valence-electron chi connectivity index (χ4n) is 2.71. The molecule has 0 aromatic carbocycles. The molecule has 0 aromatic rings. The van der Waals surface area contributed by atoms with Crippen molar-refractivity contribution in [3.8, 4) is 0 Å². The number of carbonyl (C=O) groups excluding carboxylic acids is 3. The molecule has 21 heavy (non-hydrogen) atoms. The zero-order valence-corrected chi connectivity index (χ0v) is 12.9. The van der Waals surface area contributed by atoms with Crippen LogP contribution in [-0.2, 0) is 19.1 Å². The topological polar surface area (TPSA) is 98.5 Å². The molecule has 120 valence electrons. The van der Waals surface area contributed by atoms with E-state index in [4.69, 9.17) is 10.5 Å². The minimum Gasteiger partial charge on any atom is -0.466 e. The van der Waals surface area contributed by atoms with E-state index in [1.165, 1.54) is 0 Å². The molecule has 0 radical (unpaired) electrons. The summed E-state index contributed by atoms with van der Waals surface area (Å²) in [6.45, 7) is 3.68. The third-order valence-corrected chi connectivity index (χ3v) is 3.91. The Morgan fingerprint density at radius 2 is 1.90 bits per heavy atom. The maximum absolute atomic E-state index is 12.0. The number of ether oxygens (including phenoxy) is 1. The first-order chi connectivity index (χ1) is 9.93. The lowest BCUT2D eigenvalue weighted by atomic mass is 10.00. The van der Waals surface area contributed by atoms with Crippen molar-refractivity contribution in [2.45, 2.75) is 58.4 Å². The number of hydrogen-bond acceptors (Lipinski definition) is 4. The lowest BCUT2D eigenvalue weighted by Gasteiger charge is -2.19. The van der Waals surface area contributed by atoms with Crippen LogP contribution in [0.5, 0.6) is 0 Å². The van der Waals surface area contributed by atoms with Crippen molar-refractivity contribution in [1.29, 1.82) is 0 Å². The molecule has 1 fully saturated rings. The molecule has 0 spiro atoms. The van der Waals surface area contributed by atoms with Crippen LogP contribution in [0.15, 0.2) is 0 Å². The maximum atomic E-state index is 12.0. The van der Waals surface area contributed by atoms with Crippen molar-refractivity contribution < 1.29 is 19.1 Å². The van der Waals surface area contributed by atoms with Crippen LogP contribution in [0.4, 0.5) is 0 Å². The summed E-state index contributed by atoms with van der Waals surface area (Å²) < 4.78 is 4.89. The van der Waals surface area contributed by atoms with Gasteiger partial charge in [0.2, 0.25) is 11.8 Å². The average Bonchev–Trinajstić information content (AvgIpc) is 2.90. The van der Waals surface area contributed by atoms with Gasteiger partial charge in [-0.25, -0.2) is 0 Å². The lowest BCUT2D eigenvalue weighted by Crippen LogP contribution is -2.46. The van der Waals surface area contributed by atoms with Gasteiger partial charge in [-0.2, -0.15) is 0 Å². The van der Waals surface area contributed by atoms with Crippen LogP contribution in [-0.4, -0.2) is 30.4 Å². The molecule has 3 N–H and O–H groups in total. The third kappa shape index (κ3) is 6.14. The molecule has 0 bridgehead atoms. The molecule has 1 rings (SSSR count). The van der Waals surface area contributed by atoms with E-state index in [9.17, 15) is 14.4 Å². The van der Waals surface area contributed by atoms with Gasteiger partial charge in [-0.15, -0.1) is 0 Å². The van der Waals surface area contributed by atoms with Gasteiger partial charge in [-0.1, -0.05) is 19.8 Å². The summed E-state index contributed by atoms with van der Waals surface area (Å²) in [6, 6.07) is -0.821. The van der Waals surface area contributed by atoms with E-state index in [-0.39, 0.29) is 18.3 Å². The second kappa shape index (κ2) is 8.64. The Labute approximate surface area is 125 Å². The molecular formula is C15H26N2O4. The Balaban J connectivity index is 2.46. The molecule has 0 unspecified atom stereocenters. The predicted octanol–water partition coefficient (Wildman–Crippen LogP) is 1.13. The zero-order chi connectivity index (χ0) is 15.8. The fourth-order valence-corrected chi connectivity index (χ4v) is 2.71. The highest BCUT2D eigenvalue weighted by atomic mass is 16.5. The summed E-state index contributed by atoms with van der Waals surface area (Å²) in [6.07, 6.45) is 5.05. The number of nitrogens with one attached hydrogen (secondary N) is 1. The fraction of sp³-hybridized carbons (Fsp3) is 0.800. The van der Waals surface area contributed by atoms with Crippen molar-refractivity contribution in [2.24, 2.45) is 17.6 Å². The molecule has 6 nitrogen and oxygen atoms in total. The number of carbonyl (C=O) groups is 3. The average molecular weight is 298 g/mol. The predicted molar refractivity (Wildman–Crippen MR) is 78.1 cm³/mol. The maximum Gasteiger partial charge on any atom is 0.308 e. The van der Waals surface area contributed by atoms with Gasteiger partial charge in [-0.3, -0.25) is 14.4 Å². The van der Waals surface area contributed by atoms with E-state index in [0.717, 1.165) is 25.7 Å². The van der Waals surface area contributed by atoms with E-state index in [1.54, 1.807) is 13.8 Å². The molecule has 1 aliphatic rings. The van der Waals surface area contributed by atoms with Gasteiger partial charge in [0.1, 0.15) is 6.04 Å². The van der Waals surface area contributed by atoms with Crippen molar-refractivity contribution in [2.75, 3.05) is 6.61 Å². The van der Waals surface area contributed by atoms with Gasteiger partial charge in [0.05, 0.1) is 12.5 Å². The first kappa shape index (κ1) is 17.5. The Kier molecular flexibility index (Phi) is 7.19. The van der Waals surface area contributed by atoms with Crippen molar-refractivity contribution >= 4 is 17.8 Å². The monoisotopic (exact) mass is 298 g/mol. The van der Waals surface area contributed by atoms with E-state index >= 15 is 0 Å². The number of hydrogen-bond donors (Lipinski definition) is 2. The smallest absolute Gasteiger partial charge is 0.308 e. The largest absolute Gasteiger partial charge is 0.466 e. The highest BCUT2D eigenvalue weighted by Crippen LogP contribution is 2.27. The normalized spacial score (nSPS) is 18.0. The van der Waals surface area contributed by atoms with Crippen LogP contribution in [0.2, 0.25) is 0 Å². The number of amides is 2. The highest BCUT2D eigenvalue weighted by molar-refractivity contribution is 5.87. The second-order valence-electron chi connectivity index (χ2n) is 5.77. The second-order valence-corrected chi connectivity index (χ2v) is 5.77. The highest BCUT2D eigenvalue weighted by Gasteiger charge is 2.26. The zero-order valence-electron chi connectivity index (χ0n) is 12.9. The molecule has 0 saturated heterocycles. The Morgan fingerprint density at radius 1 is 1.29 bits per heavy atom. The van der Waals surface area contributed by atoms with E-state index in [1.807, 2.05) is 0 Å². The van der Waals surface area contributed by atoms with Crippen molar-refractivity contribution in [3.63, 3.8) is 0 Å². The van der Waals surface area contributed by atoms with Crippen LogP contribution in [0.25, 0.3) is 0 Å². The first-order valence-corrected chi connectivity index (χ1v) is 7.69. The van der Waals surface area contributed by atoms with Gasteiger partial charge >= 0.3 is 5.97 Å². The van der Waals surface area contributed by atoms with Gasteiger partial charge < -0.3 is 15.8 Å². The number of esters is 1. The SMILES string of the molecule is CCOC(=O)[C@H](C)C[C@@H](NC(=O)CC1CCCC1)C(N)=O. The molecule has 0 aromatic heterocycles. The van der Waals surface area contributed by atoms with Crippen LogP contribution in [0.3, 0.4) is 0 Å². The molecule has 2 amide bonds. The van der Waals surface area contributed by atoms with Gasteiger partial charge in [0, 0.05) is 6.42 Å². The third-order valence-electron chi connectivity index (χ3n) is 3.91. The minimum absolute atomic E-state index is 0.165. The van der Waals surface area contributed by atoms with Gasteiger partial charge in [-0.05, 0) is 32.1 Å². The summed E-state index contributed by atoms with van der Waals surface area (Å²) in [5.74, 6) is -1.24. The Morgan fingerprint density at radius 3 is 2.43 bits per heavy atom. The standard InChI is InChI=1S/C15H26N2O4/c1-3-21-15(20)10(2)8-12(14(16)19)17-13(18)9-11-6-4-5-7-11/h10-12H,3-9H2,1-2H3,(H2,16,19)(H,17,18)/t10-,12-/m1/s1. The molecule has 2 atom stereocenters. The molecule has 0 aliphatic heterocycles. The van der Waals surface area contributed by atoms with Crippen molar-refractivity contribution in [3.05, 3.63) is 0 Å². The summed E-state index contributed by atoms with van der Waals surface area (Å²) in [5.41, 5.74) is 5.31. The first-order valence-electron chi connectivity index (χ1n) is 7.69. The van der Waals surface area contributed by atoms with Crippen LogP contribution in [0.1, 0.15) is 52.4 Å². The number of primary amides is 1. The van der Waals surface area contributed by atoms with Crippen LogP contribution >= 0.6 is 0 Å². The minimum atomic E-state index is -0.821. The quantitative estimate of drug-likeness (QED) is 0.656. The van der Waals surface area contributed by atoms with Crippen molar-refractivity contribution in [1.82, 2.24) is 5.32 Å². The number of nitrogens with two attached hydrogens (primary N) is 1. The lowest BCUT2D eigenvalue weighted by molar-refractivity contribution is -0.148. The summed E-state index contributed by atoms with van der Waals surface area (Å²) in [5, 5.41) is 2.65. The molecular weight excluding hydrogens is 272 g/mol. The number of rotatable bonds is 8. The molecule has 1 aliphatic carbocycles. The molecule has 1 saturated carbocycles. The van der Waals surface area contributed by atoms with Gasteiger partial charge in [0.25, 0.3) is 0 Å². The van der Waals surface area contributed by atoms with Crippen LogP contribution in [0, 0.1) is 11.8 Å². The summed E-state index contributed by atoms with van der Waals surface area (Å²) in [7, 11) is 0. The molecule has 0 heterocycles. The Bertz CT molecular complexity index is 378.